The molecule has 0 spiro atoms. The number of carbonyl (C=O) groups excluding carboxylic acids is 1. The first-order valence-electron chi connectivity index (χ1n) is 7.91. The van der Waals surface area contributed by atoms with Crippen LogP contribution in [0, 0.1) is 0 Å². The van der Waals surface area contributed by atoms with Crippen LogP contribution in [0.15, 0.2) is 18.2 Å². The van der Waals surface area contributed by atoms with Crippen molar-refractivity contribution in [3.63, 3.8) is 0 Å². The maximum atomic E-state index is 12.2. The van der Waals surface area contributed by atoms with E-state index in [0.29, 0.717) is 17.9 Å². The van der Waals surface area contributed by atoms with Crippen molar-refractivity contribution >= 4 is 33.2 Å². The van der Waals surface area contributed by atoms with Gasteiger partial charge in [-0.2, -0.15) is 0 Å². The highest BCUT2D eigenvalue weighted by Crippen LogP contribution is 2.32. The van der Waals surface area contributed by atoms with Crippen molar-refractivity contribution in [1.82, 2.24) is 0 Å². The standard InChI is InChI=1S/C17H25NO4S2/c1-17(2,3)12-5-6-15(22-4)14(9-12)18-16(19)10-23-13-7-8-24(20,21)11-13/h5-6,9,13H,7-8,10-11H2,1-4H3,(H,18,19)/t13-/m0/s1. The number of ether oxygens (including phenoxy) is 1. The van der Waals surface area contributed by atoms with E-state index in [1.807, 2.05) is 18.2 Å². The fourth-order valence-corrected chi connectivity index (χ4v) is 5.99. The molecule has 1 aliphatic heterocycles. The fourth-order valence-electron chi connectivity index (χ4n) is 2.54. The number of thioether (sulfide) groups is 1. The summed E-state index contributed by atoms with van der Waals surface area (Å²) in [5.41, 5.74) is 1.72. The summed E-state index contributed by atoms with van der Waals surface area (Å²) in [6, 6.07) is 5.78. The lowest BCUT2D eigenvalue weighted by atomic mass is 9.87. The highest BCUT2D eigenvalue weighted by atomic mass is 32.2. The van der Waals surface area contributed by atoms with Crippen molar-refractivity contribution in [3.05, 3.63) is 23.8 Å². The average Bonchev–Trinajstić information content (AvgIpc) is 2.83. The molecule has 5 nitrogen and oxygen atoms in total. The van der Waals surface area contributed by atoms with Gasteiger partial charge in [0.25, 0.3) is 0 Å². The Balaban J connectivity index is 2.00. The maximum Gasteiger partial charge on any atom is 0.234 e. The van der Waals surface area contributed by atoms with Crippen molar-refractivity contribution < 1.29 is 17.9 Å². The molecule has 0 unspecified atom stereocenters. The zero-order chi connectivity index (χ0) is 18.0. The van der Waals surface area contributed by atoms with Gasteiger partial charge in [-0.25, -0.2) is 8.42 Å². The summed E-state index contributed by atoms with van der Waals surface area (Å²) >= 11 is 1.40. The smallest absolute Gasteiger partial charge is 0.234 e. The Morgan fingerprint density at radius 3 is 2.62 bits per heavy atom. The van der Waals surface area contributed by atoms with Crippen molar-refractivity contribution in [2.24, 2.45) is 0 Å². The Bertz CT molecular complexity index is 708. The van der Waals surface area contributed by atoms with E-state index in [1.165, 1.54) is 11.8 Å². The molecule has 0 radical (unpaired) electrons. The number of rotatable bonds is 5. The first kappa shape index (κ1) is 19.1. The highest BCUT2D eigenvalue weighted by molar-refractivity contribution is 8.02. The van der Waals surface area contributed by atoms with E-state index in [-0.39, 0.29) is 33.8 Å². The van der Waals surface area contributed by atoms with Crippen LogP contribution < -0.4 is 10.1 Å². The minimum atomic E-state index is -2.91. The minimum Gasteiger partial charge on any atom is -0.495 e. The molecule has 0 aliphatic carbocycles. The molecule has 7 heteroatoms. The normalized spacial score (nSPS) is 19.9. The number of amides is 1. The number of hydrogen-bond donors (Lipinski definition) is 1. The number of hydrogen-bond acceptors (Lipinski definition) is 5. The summed E-state index contributed by atoms with van der Waals surface area (Å²) < 4.78 is 28.2. The molecule has 24 heavy (non-hydrogen) atoms. The third-order valence-electron chi connectivity index (χ3n) is 3.98. The van der Waals surface area contributed by atoms with E-state index in [1.54, 1.807) is 7.11 Å². The summed E-state index contributed by atoms with van der Waals surface area (Å²) in [4.78, 5) is 12.2. The predicted molar refractivity (Wildman–Crippen MR) is 99.8 cm³/mol. The van der Waals surface area contributed by atoms with Gasteiger partial charge in [0, 0.05) is 5.25 Å². The van der Waals surface area contributed by atoms with Gasteiger partial charge >= 0.3 is 0 Å². The second-order valence-electron chi connectivity index (χ2n) is 7.05. The van der Waals surface area contributed by atoms with Crippen LogP contribution in [-0.4, -0.2) is 43.9 Å². The molecule has 134 valence electrons. The van der Waals surface area contributed by atoms with Crippen LogP contribution in [0.2, 0.25) is 0 Å². The van der Waals surface area contributed by atoms with Gasteiger partial charge in [0.2, 0.25) is 5.91 Å². The number of anilines is 1. The number of methoxy groups -OCH3 is 1. The van der Waals surface area contributed by atoms with Crippen LogP contribution in [0.25, 0.3) is 0 Å². The van der Waals surface area contributed by atoms with Crippen molar-refractivity contribution in [2.45, 2.75) is 37.9 Å². The quantitative estimate of drug-likeness (QED) is 0.862. The fraction of sp³-hybridized carbons (Fsp3) is 0.588. The van der Waals surface area contributed by atoms with Gasteiger partial charge < -0.3 is 10.1 Å². The SMILES string of the molecule is COc1ccc(C(C)(C)C)cc1NC(=O)CS[C@H]1CCS(=O)(=O)C1. The molecule has 1 aromatic carbocycles. The number of sulfone groups is 1. The lowest BCUT2D eigenvalue weighted by molar-refractivity contribution is -0.113. The van der Waals surface area contributed by atoms with Crippen LogP contribution >= 0.6 is 11.8 Å². The molecule has 0 bridgehead atoms. The maximum absolute atomic E-state index is 12.2. The largest absolute Gasteiger partial charge is 0.495 e. The molecule has 1 heterocycles. The molecule has 1 amide bonds. The van der Waals surface area contributed by atoms with Crippen molar-refractivity contribution in [1.29, 1.82) is 0 Å². The minimum absolute atomic E-state index is 0.0172. The van der Waals surface area contributed by atoms with E-state index in [0.717, 1.165) is 5.56 Å². The summed E-state index contributed by atoms with van der Waals surface area (Å²) in [5.74, 6) is 1.11. The van der Waals surface area contributed by atoms with E-state index >= 15 is 0 Å². The van der Waals surface area contributed by atoms with Crippen LogP contribution in [0.4, 0.5) is 5.69 Å². The Kier molecular flexibility index (Phi) is 5.86. The van der Waals surface area contributed by atoms with E-state index in [4.69, 9.17) is 4.74 Å². The van der Waals surface area contributed by atoms with Gasteiger partial charge in [-0.05, 0) is 29.5 Å². The zero-order valence-electron chi connectivity index (χ0n) is 14.6. The molecular weight excluding hydrogens is 346 g/mol. The molecule has 0 aromatic heterocycles. The zero-order valence-corrected chi connectivity index (χ0v) is 16.2. The third kappa shape index (κ3) is 5.14. The summed E-state index contributed by atoms with van der Waals surface area (Å²) in [5, 5.41) is 2.90. The summed E-state index contributed by atoms with van der Waals surface area (Å²) in [6.07, 6.45) is 0.628. The predicted octanol–water partition coefficient (Wildman–Crippen LogP) is 2.85. The van der Waals surface area contributed by atoms with E-state index in [2.05, 4.69) is 26.1 Å². The van der Waals surface area contributed by atoms with Gasteiger partial charge in [0.1, 0.15) is 5.75 Å². The van der Waals surface area contributed by atoms with Crippen LogP contribution in [0.1, 0.15) is 32.8 Å². The first-order chi connectivity index (χ1) is 11.1. The van der Waals surface area contributed by atoms with Gasteiger partial charge in [0.05, 0.1) is 30.1 Å². The summed E-state index contributed by atoms with van der Waals surface area (Å²) in [7, 11) is -1.34. The van der Waals surface area contributed by atoms with Gasteiger partial charge in [-0.15, -0.1) is 11.8 Å². The molecule has 1 N–H and O–H groups in total. The van der Waals surface area contributed by atoms with Crippen LogP contribution in [0.5, 0.6) is 5.75 Å². The molecule has 1 fully saturated rings. The highest BCUT2D eigenvalue weighted by Gasteiger charge is 2.28. The summed E-state index contributed by atoms with van der Waals surface area (Å²) in [6.45, 7) is 6.32. The van der Waals surface area contributed by atoms with Crippen LogP contribution in [-0.2, 0) is 20.0 Å². The second kappa shape index (κ2) is 7.35. The molecule has 1 aromatic rings. The van der Waals surface area contributed by atoms with E-state index < -0.39 is 9.84 Å². The Morgan fingerprint density at radius 2 is 2.08 bits per heavy atom. The Hall–Kier alpha value is -1.21. The van der Waals surface area contributed by atoms with Crippen molar-refractivity contribution in [2.75, 3.05) is 29.7 Å². The first-order valence-corrected chi connectivity index (χ1v) is 10.8. The lowest BCUT2D eigenvalue weighted by Crippen LogP contribution is -2.18. The number of nitrogens with one attached hydrogen (secondary N) is 1. The lowest BCUT2D eigenvalue weighted by Gasteiger charge is -2.21. The van der Waals surface area contributed by atoms with Gasteiger partial charge in [-0.3, -0.25) is 4.79 Å². The third-order valence-corrected chi connectivity index (χ3v) is 7.26. The molecule has 1 saturated heterocycles. The van der Waals surface area contributed by atoms with Crippen LogP contribution in [0.3, 0.4) is 0 Å². The van der Waals surface area contributed by atoms with E-state index in [9.17, 15) is 13.2 Å². The molecule has 2 rings (SSSR count). The topological polar surface area (TPSA) is 72.5 Å². The molecule has 0 saturated carbocycles. The Morgan fingerprint density at radius 1 is 1.38 bits per heavy atom. The second-order valence-corrected chi connectivity index (χ2v) is 10.6. The molecule has 1 aliphatic rings. The molecule has 1 atom stereocenters. The van der Waals surface area contributed by atoms with Crippen molar-refractivity contribution in [3.8, 4) is 5.75 Å². The number of carbonyl (C=O) groups is 1. The van der Waals surface area contributed by atoms with Gasteiger partial charge in [-0.1, -0.05) is 26.8 Å². The number of benzene rings is 1. The van der Waals surface area contributed by atoms with Gasteiger partial charge in [0.15, 0.2) is 9.84 Å². The average molecular weight is 372 g/mol. The monoisotopic (exact) mass is 371 g/mol. The Labute approximate surface area is 148 Å². The molecular formula is C17H25NO4S2.